The Bertz CT molecular complexity index is 967. The van der Waals surface area contributed by atoms with Gasteiger partial charge >= 0.3 is 0 Å². The van der Waals surface area contributed by atoms with Crippen molar-refractivity contribution in [3.8, 4) is 22.8 Å². The molecule has 2 aromatic carbocycles. The van der Waals surface area contributed by atoms with E-state index in [0.717, 1.165) is 21.7 Å². The Kier molecular flexibility index (Phi) is 6.28. The summed E-state index contributed by atoms with van der Waals surface area (Å²) in [6.07, 6.45) is 0. The molecule has 0 aliphatic heterocycles. The Labute approximate surface area is 168 Å². The fourth-order valence-corrected chi connectivity index (χ4v) is 3.62. The van der Waals surface area contributed by atoms with Crippen molar-refractivity contribution >= 4 is 22.4 Å². The highest BCUT2D eigenvalue weighted by Gasteiger charge is 2.15. The van der Waals surface area contributed by atoms with E-state index >= 15 is 0 Å². The van der Waals surface area contributed by atoms with Crippen LogP contribution in [0.25, 0.3) is 11.3 Å². The van der Waals surface area contributed by atoms with Gasteiger partial charge in [-0.05, 0) is 42.8 Å². The molecule has 0 atom stereocenters. The number of rotatable bonds is 7. The highest BCUT2D eigenvalue weighted by atomic mass is 32.1. The number of carbonyl (C=O) groups is 1. The van der Waals surface area contributed by atoms with Crippen molar-refractivity contribution in [3.63, 3.8) is 0 Å². The number of hydrogen-bond acceptors (Lipinski definition) is 6. The SMILES string of the molecule is COCc1ccc(C(=O)Nc2nc(-c3ccc(OC)c(OC)c3)c(C)s2)cc1. The molecule has 3 aromatic rings. The third kappa shape index (κ3) is 4.32. The van der Waals surface area contributed by atoms with Crippen molar-refractivity contribution in [3.05, 3.63) is 58.5 Å². The van der Waals surface area contributed by atoms with E-state index in [-0.39, 0.29) is 5.91 Å². The number of nitrogens with one attached hydrogen (secondary N) is 1. The topological polar surface area (TPSA) is 69.7 Å². The smallest absolute Gasteiger partial charge is 0.257 e. The molecule has 1 amide bonds. The normalized spacial score (nSPS) is 10.6. The number of benzene rings is 2. The van der Waals surface area contributed by atoms with E-state index in [9.17, 15) is 4.79 Å². The summed E-state index contributed by atoms with van der Waals surface area (Å²) in [5.41, 5.74) is 3.28. The van der Waals surface area contributed by atoms with E-state index in [1.807, 2.05) is 37.3 Å². The average molecular weight is 398 g/mol. The number of thiazole rings is 1. The molecule has 1 N–H and O–H groups in total. The van der Waals surface area contributed by atoms with E-state index in [1.54, 1.807) is 33.5 Å². The van der Waals surface area contributed by atoms with E-state index in [2.05, 4.69) is 10.3 Å². The molecule has 1 aromatic heterocycles. The molecule has 146 valence electrons. The van der Waals surface area contributed by atoms with Crippen LogP contribution in [0.4, 0.5) is 5.13 Å². The number of carbonyl (C=O) groups excluding carboxylic acids is 1. The molecule has 0 fully saturated rings. The molecule has 0 aliphatic rings. The van der Waals surface area contributed by atoms with Gasteiger partial charge in [0.25, 0.3) is 5.91 Å². The Balaban J connectivity index is 1.79. The van der Waals surface area contributed by atoms with Crippen LogP contribution < -0.4 is 14.8 Å². The summed E-state index contributed by atoms with van der Waals surface area (Å²) in [5.74, 6) is 1.09. The fraction of sp³-hybridized carbons (Fsp3) is 0.238. The van der Waals surface area contributed by atoms with Crippen LogP contribution in [0, 0.1) is 6.92 Å². The maximum Gasteiger partial charge on any atom is 0.257 e. The molecule has 6 nitrogen and oxygen atoms in total. The zero-order valence-electron chi connectivity index (χ0n) is 16.2. The molecule has 0 saturated heterocycles. The van der Waals surface area contributed by atoms with Gasteiger partial charge in [-0.2, -0.15) is 0 Å². The monoisotopic (exact) mass is 398 g/mol. The number of aromatic nitrogens is 1. The highest BCUT2D eigenvalue weighted by Crippen LogP contribution is 2.36. The van der Waals surface area contributed by atoms with E-state index in [1.165, 1.54) is 11.3 Å². The van der Waals surface area contributed by atoms with Gasteiger partial charge in [-0.1, -0.05) is 12.1 Å². The van der Waals surface area contributed by atoms with Crippen LogP contribution in [0.1, 0.15) is 20.8 Å². The van der Waals surface area contributed by atoms with Crippen LogP contribution in [-0.2, 0) is 11.3 Å². The van der Waals surface area contributed by atoms with Crippen molar-refractivity contribution in [1.82, 2.24) is 4.98 Å². The van der Waals surface area contributed by atoms with E-state index in [4.69, 9.17) is 14.2 Å². The van der Waals surface area contributed by atoms with E-state index in [0.29, 0.717) is 28.8 Å². The fourth-order valence-electron chi connectivity index (χ4n) is 2.79. The van der Waals surface area contributed by atoms with Crippen LogP contribution in [0.15, 0.2) is 42.5 Å². The Morgan fingerprint density at radius 2 is 1.75 bits per heavy atom. The van der Waals surface area contributed by atoms with Crippen LogP contribution in [-0.4, -0.2) is 32.2 Å². The molecule has 0 unspecified atom stereocenters. The number of aryl methyl sites for hydroxylation is 1. The number of methoxy groups -OCH3 is 3. The molecule has 0 bridgehead atoms. The number of ether oxygens (including phenoxy) is 3. The first kappa shape index (κ1) is 19.9. The second kappa shape index (κ2) is 8.86. The Morgan fingerprint density at radius 1 is 1.04 bits per heavy atom. The summed E-state index contributed by atoms with van der Waals surface area (Å²) in [7, 11) is 4.83. The van der Waals surface area contributed by atoms with Crippen molar-refractivity contribution in [2.45, 2.75) is 13.5 Å². The second-order valence-electron chi connectivity index (χ2n) is 6.08. The first-order valence-corrected chi connectivity index (χ1v) is 9.46. The van der Waals surface area contributed by atoms with E-state index < -0.39 is 0 Å². The highest BCUT2D eigenvalue weighted by molar-refractivity contribution is 7.16. The maximum absolute atomic E-state index is 12.5. The summed E-state index contributed by atoms with van der Waals surface area (Å²) < 4.78 is 15.7. The number of nitrogens with zero attached hydrogens (tertiary/aromatic N) is 1. The summed E-state index contributed by atoms with van der Waals surface area (Å²) >= 11 is 1.43. The Hall–Kier alpha value is -2.90. The lowest BCUT2D eigenvalue weighted by Gasteiger charge is -2.08. The predicted molar refractivity (Wildman–Crippen MR) is 110 cm³/mol. The first-order valence-electron chi connectivity index (χ1n) is 8.64. The molecular weight excluding hydrogens is 376 g/mol. The molecular formula is C21H22N2O4S. The first-order chi connectivity index (χ1) is 13.5. The molecule has 1 heterocycles. The molecule has 0 spiro atoms. The predicted octanol–water partition coefficient (Wildman–Crippen LogP) is 4.53. The molecule has 0 saturated carbocycles. The van der Waals surface area contributed by atoms with Crippen LogP contribution in [0.5, 0.6) is 11.5 Å². The summed E-state index contributed by atoms with van der Waals surface area (Å²) in [6.45, 7) is 2.49. The minimum atomic E-state index is -0.198. The van der Waals surface area contributed by atoms with Gasteiger partial charge in [0.15, 0.2) is 16.6 Å². The van der Waals surface area contributed by atoms with Gasteiger partial charge in [0.2, 0.25) is 0 Å². The van der Waals surface area contributed by atoms with Crippen LogP contribution in [0.2, 0.25) is 0 Å². The summed E-state index contributed by atoms with van der Waals surface area (Å²) in [6, 6.07) is 12.9. The molecule has 28 heavy (non-hydrogen) atoms. The zero-order chi connectivity index (χ0) is 20.1. The maximum atomic E-state index is 12.5. The lowest BCUT2D eigenvalue weighted by atomic mass is 10.1. The largest absolute Gasteiger partial charge is 0.493 e. The van der Waals surface area contributed by atoms with Gasteiger partial charge < -0.3 is 14.2 Å². The van der Waals surface area contributed by atoms with Gasteiger partial charge in [0.05, 0.1) is 26.5 Å². The number of amides is 1. The van der Waals surface area contributed by atoms with Crippen molar-refractivity contribution in [1.29, 1.82) is 0 Å². The molecule has 0 radical (unpaired) electrons. The summed E-state index contributed by atoms with van der Waals surface area (Å²) in [5, 5.41) is 3.42. The van der Waals surface area contributed by atoms with Crippen molar-refractivity contribution < 1.29 is 19.0 Å². The van der Waals surface area contributed by atoms with Gasteiger partial charge in [0, 0.05) is 23.1 Å². The van der Waals surface area contributed by atoms with Crippen LogP contribution >= 0.6 is 11.3 Å². The quantitative estimate of drug-likeness (QED) is 0.633. The third-order valence-electron chi connectivity index (χ3n) is 4.20. The van der Waals surface area contributed by atoms with Crippen molar-refractivity contribution in [2.75, 3.05) is 26.6 Å². The standard InChI is InChI=1S/C21H22N2O4S/c1-13-19(16-9-10-17(26-3)18(11-16)27-4)22-21(28-13)23-20(24)15-7-5-14(6-8-15)12-25-2/h5-11H,12H2,1-4H3,(H,22,23,24). The van der Waals surface area contributed by atoms with Crippen LogP contribution in [0.3, 0.4) is 0 Å². The second-order valence-corrected chi connectivity index (χ2v) is 7.28. The molecule has 7 heteroatoms. The third-order valence-corrected chi connectivity index (χ3v) is 5.09. The van der Waals surface area contributed by atoms with Gasteiger partial charge in [0.1, 0.15) is 0 Å². The average Bonchev–Trinajstić information content (AvgIpc) is 3.08. The van der Waals surface area contributed by atoms with Gasteiger partial charge in [-0.3, -0.25) is 10.1 Å². The Morgan fingerprint density at radius 3 is 2.39 bits per heavy atom. The lowest BCUT2D eigenvalue weighted by molar-refractivity contribution is 0.102. The molecule has 3 rings (SSSR count). The lowest BCUT2D eigenvalue weighted by Crippen LogP contribution is -2.11. The molecule has 0 aliphatic carbocycles. The minimum Gasteiger partial charge on any atom is -0.493 e. The number of hydrogen-bond donors (Lipinski definition) is 1. The zero-order valence-corrected chi connectivity index (χ0v) is 17.1. The summed E-state index contributed by atoms with van der Waals surface area (Å²) in [4.78, 5) is 18.1. The minimum absolute atomic E-state index is 0.198. The number of anilines is 1. The van der Waals surface area contributed by atoms with Crippen molar-refractivity contribution in [2.24, 2.45) is 0 Å². The van der Waals surface area contributed by atoms with Gasteiger partial charge in [-0.15, -0.1) is 11.3 Å². The van der Waals surface area contributed by atoms with Gasteiger partial charge in [-0.25, -0.2) is 4.98 Å².